The average molecular weight is 291 g/mol. The highest BCUT2D eigenvalue weighted by atomic mass is 19.1. The quantitative estimate of drug-likeness (QED) is 0.791. The lowest BCUT2D eigenvalue weighted by Gasteiger charge is -2.38. The number of hydrogen-bond acceptors (Lipinski definition) is 1. The van der Waals surface area contributed by atoms with Crippen molar-refractivity contribution < 1.29 is 13.2 Å². The van der Waals surface area contributed by atoms with Crippen molar-refractivity contribution in [2.24, 2.45) is 0 Å². The lowest BCUT2D eigenvalue weighted by molar-refractivity contribution is 0.124. The van der Waals surface area contributed by atoms with Gasteiger partial charge in [-0.05, 0) is 17.7 Å². The van der Waals surface area contributed by atoms with Gasteiger partial charge in [0.1, 0.15) is 23.0 Å². The molecule has 0 amide bonds. The molecule has 21 heavy (non-hydrogen) atoms. The van der Waals surface area contributed by atoms with Gasteiger partial charge in [-0.1, -0.05) is 36.4 Å². The maximum Gasteiger partial charge on any atom is 0.149 e. The Kier molecular flexibility index (Phi) is 3.62. The van der Waals surface area contributed by atoms with Crippen LogP contribution in [0.15, 0.2) is 48.5 Å². The van der Waals surface area contributed by atoms with E-state index in [9.17, 15) is 13.2 Å². The van der Waals surface area contributed by atoms with Crippen molar-refractivity contribution in [2.75, 3.05) is 18.0 Å². The summed E-state index contributed by atoms with van der Waals surface area (Å²) in [6.45, 7) is 0.590. The highest BCUT2D eigenvalue weighted by molar-refractivity contribution is 5.50. The van der Waals surface area contributed by atoms with E-state index < -0.39 is 17.3 Å². The molecule has 0 N–H and O–H groups in total. The highest BCUT2D eigenvalue weighted by Crippen LogP contribution is 2.38. The van der Waals surface area contributed by atoms with Gasteiger partial charge >= 0.3 is 0 Å². The van der Waals surface area contributed by atoms with Gasteiger partial charge in [-0.3, -0.25) is 0 Å². The zero-order valence-corrected chi connectivity index (χ0v) is 11.5. The van der Waals surface area contributed by atoms with Crippen molar-refractivity contribution in [3.8, 4) is 0 Å². The van der Waals surface area contributed by atoms with Crippen LogP contribution in [0.2, 0.25) is 0 Å². The summed E-state index contributed by atoms with van der Waals surface area (Å²) in [5.74, 6) is -1.19. The van der Waals surface area contributed by atoms with Crippen LogP contribution >= 0.6 is 0 Å². The van der Waals surface area contributed by atoms with Gasteiger partial charge in [0.05, 0.1) is 0 Å². The molecule has 0 atom stereocenters. The Morgan fingerprint density at radius 2 is 1.38 bits per heavy atom. The Hall–Kier alpha value is -1.97. The van der Waals surface area contributed by atoms with E-state index in [-0.39, 0.29) is 18.5 Å². The number of rotatable bonds is 2. The fourth-order valence-electron chi connectivity index (χ4n) is 2.90. The van der Waals surface area contributed by atoms with Crippen molar-refractivity contribution in [3.05, 3.63) is 65.7 Å². The zero-order chi connectivity index (χ0) is 14.9. The van der Waals surface area contributed by atoms with Gasteiger partial charge in [0, 0.05) is 25.9 Å². The molecule has 0 bridgehead atoms. The third-order valence-electron chi connectivity index (χ3n) is 4.10. The summed E-state index contributed by atoms with van der Waals surface area (Å²) in [5, 5.41) is 0. The number of hydrogen-bond donors (Lipinski definition) is 0. The standard InChI is InChI=1S/C17H16F3N/c18-14-7-4-8-15(19)16(14)21-11-9-17(20,10-12-21)13-5-2-1-3-6-13/h1-8H,9-12H2. The average Bonchev–Trinajstić information content (AvgIpc) is 2.50. The monoisotopic (exact) mass is 291 g/mol. The summed E-state index contributed by atoms with van der Waals surface area (Å²) >= 11 is 0. The SMILES string of the molecule is Fc1cccc(F)c1N1CCC(F)(c2ccccc2)CC1. The van der Waals surface area contributed by atoms with Crippen molar-refractivity contribution in [2.45, 2.75) is 18.5 Å². The number of benzene rings is 2. The second-order valence-corrected chi connectivity index (χ2v) is 5.39. The van der Waals surface area contributed by atoms with E-state index in [2.05, 4.69) is 0 Å². The molecule has 3 rings (SSSR count). The van der Waals surface area contributed by atoms with Crippen LogP contribution < -0.4 is 4.90 Å². The molecule has 0 spiro atoms. The number of nitrogens with zero attached hydrogens (tertiary/aromatic N) is 1. The van der Waals surface area contributed by atoms with Crippen LogP contribution in [-0.4, -0.2) is 13.1 Å². The number of halogens is 3. The Bertz CT molecular complexity index is 599. The topological polar surface area (TPSA) is 3.24 Å². The molecule has 2 aromatic carbocycles. The molecule has 1 aliphatic heterocycles. The molecule has 2 aromatic rings. The van der Waals surface area contributed by atoms with Crippen LogP contribution in [-0.2, 0) is 5.67 Å². The van der Waals surface area contributed by atoms with Crippen LogP contribution in [0.4, 0.5) is 18.9 Å². The number of anilines is 1. The lowest BCUT2D eigenvalue weighted by Crippen LogP contribution is -2.41. The molecule has 1 aliphatic rings. The van der Waals surface area contributed by atoms with Gasteiger partial charge in [0.15, 0.2) is 0 Å². The van der Waals surface area contributed by atoms with Gasteiger partial charge in [-0.25, -0.2) is 13.2 Å². The largest absolute Gasteiger partial charge is 0.367 e. The van der Waals surface area contributed by atoms with E-state index in [0.717, 1.165) is 0 Å². The van der Waals surface area contributed by atoms with Gasteiger partial charge in [0.25, 0.3) is 0 Å². The zero-order valence-electron chi connectivity index (χ0n) is 11.5. The van der Waals surface area contributed by atoms with Crippen LogP contribution in [0.25, 0.3) is 0 Å². The summed E-state index contributed by atoms with van der Waals surface area (Å²) in [4.78, 5) is 1.59. The molecule has 1 saturated heterocycles. The number of alkyl halides is 1. The predicted octanol–water partition coefficient (Wildman–Crippen LogP) is 4.43. The molecular formula is C17H16F3N. The number of piperidine rings is 1. The fourth-order valence-corrected chi connectivity index (χ4v) is 2.90. The minimum atomic E-state index is -1.42. The molecule has 0 unspecified atom stereocenters. The maximum absolute atomic E-state index is 15.0. The van der Waals surface area contributed by atoms with Gasteiger partial charge < -0.3 is 4.90 Å². The second-order valence-electron chi connectivity index (χ2n) is 5.39. The molecule has 0 aliphatic carbocycles. The molecule has 110 valence electrons. The van der Waals surface area contributed by atoms with Crippen LogP contribution in [0.3, 0.4) is 0 Å². The molecule has 1 heterocycles. The first kappa shape index (κ1) is 14.0. The Morgan fingerprint density at radius 3 is 1.95 bits per heavy atom. The molecule has 1 fully saturated rings. The molecule has 4 heteroatoms. The van der Waals surface area contributed by atoms with E-state index in [1.54, 1.807) is 29.2 Å². The lowest BCUT2D eigenvalue weighted by atomic mass is 9.86. The maximum atomic E-state index is 15.0. The Morgan fingerprint density at radius 1 is 0.810 bits per heavy atom. The molecule has 0 saturated carbocycles. The Labute approximate surface area is 122 Å². The van der Waals surface area contributed by atoms with E-state index in [1.807, 2.05) is 6.07 Å². The van der Waals surface area contributed by atoms with E-state index >= 15 is 0 Å². The summed E-state index contributed by atoms with van der Waals surface area (Å²) in [7, 11) is 0. The fraction of sp³-hybridized carbons (Fsp3) is 0.294. The smallest absolute Gasteiger partial charge is 0.149 e. The van der Waals surface area contributed by atoms with Crippen molar-refractivity contribution in [3.63, 3.8) is 0 Å². The van der Waals surface area contributed by atoms with Gasteiger partial charge in [-0.2, -0.15) is 0 Å². The first-order chi connectivity index (χ1) is 10.1. The third-order valence-corrected chi connectivity index (χ3v) is 4.10. The predicted molar refractivity (Wildman–Crippen MR) is 77.0 cm³/mol. The summed E-state index contributed by atoms with van der Waals surface area (Å²) < 4.78 is 42.5. The van der Waals surface area contributed by atoms with Crippen molar-refractivity contribution in [1.29, 1.82) is 0 Å². The molecule has 0 aromatic heterocycles. The van der Waals surface area contributed by atoms with E-state index in [4.69, 9.17) is 0 Å². The van der Waals surface area contributed by atoms with Crippen LogP contribution in [0.5, 0.6) is 0 Å². The molecular weight excluding hydrogens is 275 g/mol. The minimum absolute atomic E-state index is 0.0485. The number of para-hydroxylation sites is 1. The van der Waals surface area contributed by atoms with Crippen LogP contribution in [0, 0.1) is 11.6 Å². The second kappa shape index (κ2) is 5.43. The highest BCUT2D eigenvalue weighted by Gasteiger charge is 2.37. The van der Waals surface area contributed by atoms with E-state index in [0.29, 0.717) is 18.7 Å². The first-order valence-corrected chi connectivity index (χ1v) is 7.03. The summed E-state index contributed by atoms with van der Waals surface area (Å²) in [6, 6.07) is 12.8. The summed E-state index contributed by atoms with van der Waals surface area (Å²) in [6.07, 6.45) is 0.454. The minimum Gasteiger partial charge on any atom is -0.367 e. The molecule has 0 radical (unpaired) electrons. The van der Waals surface area contributed by atoms with Crippen molar-refractivity contribution in [1.82, 2.24) is 0 Å². The van der Waals surface area contributed by atoms with Crippen LogP contribution in [0.1, 0.15) is 18.4 Å². The first-order valence-electron chi connectivity index (χ1n) is 7.03. The van der Waals surface area contributed by atoms with Gasteiger partial charge in [0.2, 0.25) is 0 Å². The van der Waals surface area contributed by atoms with E-state index in [1.165, 1.54) is 18.2 Å². The van der Waals surface area contributed by atoms with Gasteiger partial charge in [-0.15, -0.1) is 0 Å². The Balaban J connectivity index is 1.79. The van der Waals surface area contributed by atoms with Crippen molar-refractivity contribution >= 4 is 5.69 Å². The molecule has 1 nitrogen and oxygen atoms in total. The third kappa shape index (κ3) is 2.62. The normalized spacial score (nSPS) is 17.8. The summed E-state index contributed by atoms with van der Waals surface area (Å²) in [5.41, 5.74) is -0.828.